The van der Waals surface area contributed by atoms with E-state index in [0.717, 1.165) is 0 Å². The van der Waals surface area contributed by atoms with Crippen LogP contribution in [0.25, 0.3) is 0 Å². The maximum absolute atomic E-state index is 5.53. The van der Waals surface area contributed by atoms with Crippen LogP contribution in [0.15, 0.2) is 30.3 Å². The summed E-state index contributed by atoms with van der Waals surface area (Å²) in [5.74, 6) is 0. The first-order valence-corrected chi connectivity index (χ1v) is 10.4. The normalized spacial score (nSPS) is 12.3. The number of anilines is 1. The molecule has 0 saturated carbocycles. The minimum absolute atomic E-state index is 0.604. The van der Waals surface area contributed by atoms with Gasteiger partial charge >= 0.3 is 0 Å². The first kappa shape index (κ1) is 17.7. The Balaban J connectivity index is 3.52. The summed E-state index contributed by atoms with van der Waals surface area (Å²) in [6.45, 7) is 14.0. The zero-order valence-corrected chi connectivity index (χ0v) is 16.1. The molecule has 0 N–H and O–H groups in total. The lowest BCUT2D eigenvalue weighted by molar-refractivity contribution is 0.807. The van der Waals surface area contributed by atoms with Gasteiger partial charge in [-0.15, -0.1) is 12.6 Å². The van der Waals surface area contributed by atoms with Crippen molar-refractivity contribution >= 4 is 43.1 Å². The van der Waals surface area contributed by atoms with E-state index < -0.39 is 8.24 Å². The Labute approximate surface area is 136 Å². The maximum Gasteiger partial charge on any atom is 0.171 e. The van der Waals surface area contributed by atoms with Crippen molar-refractivity contribution in [2.24, 2.45) is 0 Å². The Bertz CT molecular complexity index is 421. The Hall–Kier alpha value is -0.323. The highest BCUT2D eigenvalue weighted by Crippen LogP contribution is 2.46. The number of para-hydroxylation sites is 1. The summed E-state index contributed by atoms with van der Waals surface area (Å²) in [5, 5.41) is 0. The van der Waals surface area contributed by atoms with Crippen LogP contribution in [0.1, 0.15) is 41.5 Å². The second kappa shape index (κ2) is 7.10. The van der Waals surface area contributed by atoms with Gasteiger partial charge in [-0.05, 0) is 28.8 Å². The molecule has 0 aliphatic rings. The van der Waals surface area contributed by atoms with Crippen LogP contribution in [0.3, 0.4) is 0 Å². The van der Waals surface area contributed by atoms with E-state index in [1.54, 1.807) is 0 Å². The molecule has 1 nitrogen and oxygen atoms in total. The Kier molecular flexibility index (Phi) is 6.29. The average Bonchev–Trinajstić information content (AvgIpc) is 2.34. The highest BCUT2D eigenvalue weighted by Gasteiger charge is 2.49. The van der Waals surface area contributed by atoms with Gasteiger partial charge in [-0.25, -0.2) is 0 Å². The van der Waals surface area contributed by atoms with Gasteiger partial charge in [0.15, 0.2) is 8.24 Å². The first-order valence-electron chi connectivity index (χ1n) is 7.34. The molecule has 1 aromatic rings. The molecule has 4 heteroatoms. The molecular formula is C16H27NS2Si. The van der Waals surface area contributed by atoms with E-state index in [1.807, 2.05) is 6.07 Å². The number of rotatable bonds is 5. The zero-order chi connectivity index (χ0) is 15.5. The monoisotopic (exact) mass is 325 g/mol. The summed E-state index contributed by atoms with van der Waals surface area (Å²) < 4.78 is 3.10. The molecule has 0 amide bonds. The summed E-state index contributed by atoms with van der Waals surface area (Å²) in [5.41, 5.74) is 3.00. The molecule has 1 rings (SSSR count). The number of benzene rings is 1. The predicted octanol–water partition coefficient (Wildman–Crippen LogP) is 5.88. The molecule has 0 aliphatic carbocycles. The SMILES string of the molecule is CC(C)[Si](C(C)C)(C(C)C)N(C(=S)S)c1ccccc1. The van der Waals surface area contributed by atoms with Crippen molar-refractivity contribution in [3.63, 3.8) is 0 Å². The second-order valence-electron chi connectivity index (χ2n) is 6.30. The lowest BCUT2D eigenvalue weighted by atomic mass is 10.3. The van der Waals surface area contributed by atoms with Crippen LogP contribution in [0.4, 0.5) is 5.69 Å². The molecule has 0 fully saturated rings. The van der Waals surface area contributed by atoms with Crippen LogP contribution in [-0.4, -0.2) is 12.6 Å². The van der Waals surface area contributed by atoms with E-state index in [9.17, 15) is 0 Å². The maximum atomic E-state index is 5.53. The fraction of sp³-hybridized carbons (Fsp3) is 0.562. The molecule has 0 aliphatic heterocycles. The highest BCUT2D eigenvalue weighted by molar-refractivity contribution is 8.11. The molecule has 0 saturated heterocycles. The highest BCUT2D eigenvalue weighted by atomic mass is 32.1. The minimum Gasteiger partial charge on any atom is -0.354 e. The third kappa shape index (κ3) is 3.12. The molecular weight excluding hydrogens is 298 g/mol. The average molecular weight is 326 g/mol. The largest absolute Gasteiger partial charge is 0.354 e. The van der Waals surface area contributed by atoms with Crippen molar-refractivity contribution in [2.75, 3.05) is 4.57 Å². The molecule has 112 valence electrons. The van der Waals surface area contributed by atoms with Gasteiger partial charge in [-0.2, -0.15) is 0 Å². The number of hydrogen-bond donors (Lipinski definition) is 1. The van der Waals surface area contributed by atoms with E-state index in [2.05, 4.69) is 83.0 Å². The molecule has 1 aromatic carbocycles. The topological polar surface area (TPSA) is 3.24 Å². The summed E-state index contributed by atoms with van der Waals surface area (Å²) in [6.07, 6.45) is 0. The van der Waals surface area contributed by atoms with E-state index in [4.69, 9.17) is 12.2 Å². The van der Waals surface area contributed by atoms with Crippen molar-refractivity contribution in [3.8, 4) is 0 Å². The molecule has 0 radical (unpaired) electrons. The number of nitrogens with zero attached hydrogens (tertiary/aromatic N) is 1. The number of hydrogen-bond acceptors (Lipinski definition) is 1. The molecule has 0 atom stereocenters. The summed E-state index contributed by atoms with van der Waals surface area (Å²) in [7, 11) is -1.85. The molecule has 0 bridgehead atoms. The van der Waals surface area contributed by atoms with Crippen LogP contribution in [0, 0.1) is 0 Å². The van der Waals surface area contributed by atoms with Crippen molar-refractivity contribution in [2.45, 2.75) is 58.2 Å². The van der Waals surface area contributed by atoms with Gasteiger partial charge < -0.3 is 4.57 Å². The van der Waals surface area contributed by atoms with Crippen LogP contribution >= 0.6 is 24.8 Å². The third-order valence-corrected chi connectivity index (χ3v) is 11.9. The summed E-state index contributed by atoms with van der Waals surface area (Å²) in [6, 6.07) is 10.5. The van der Waals surface area contributed by atoms with Crippen molar-refractivity contribution < 1.29 is 0 Å². The molecule has 0 spiro atoms. The van der Waals surface area contributed by atoms with Crippen molar-refractivity contribution in [3.05, 3.63) is 30.3 Å². The number of thiocarbonyl (C=S) groups is 1. The van der Waals surface area contributed by atoms with Crippen LogP contribution < -0.4 is 4.57 Å². The Morgan fingerprint density at radius 1 is 0.950 bits per heavy atom. The first-order chi connectivity index (χ1) is 9.26. The number of thiol groups is 1. The standard InChI is InChI=1S/C16H27NS2Si/c1-12(2)20(13(3)4,14(5)6)17(16(18)19)15-10-8-7-9-11-15/h7-14H,1-6H3,(H,18,19). The van der Waals surface area contributed by atoms with E-state index in [-0.39, 0.29) is 0 Å². The van der Waals surface area contributed by atoms with Gasteiger partial charge in [0, 0.05) is 5.69 Å². The van der Waals surface area contributed by atoms with Gasteiger partial charge in [-0.3, -0.25) is 0 Å². The van der Waals surface area contributed by atoms with Gasteiger partial charge in [0.25, 0.3) is 0 Å². The van der Waals surface area contributed by atoms with Gasteiger partial charge in [0.2, 0.25) is 0 Å². The van der Waals surface area contributed by atoms with Crippen molar-refractivity contribution in [1.82, 2.24) is 0 Å². The molecule has 0 heterocycles. The minimum atomic E-state index is -1.85. The van der Waals surface area contributed by atoms with E-state index in [0.29, 0.717) is 20.9 Å². The molecule has 20 heavy (non-hydrogen) atoms. The van der Waals surface area contributed by atoms with E-state index in [1.165, 1.54) is 5.69 Å². The second-order valence-corrected chi connectivity index (χ2v) is 13.1. The lowest BCUT2D eigenvalue weighted by Gasteiger charge is -2.51. The van der Waals surface area contributed by atoms with Crippen LogP contribution in [-0.2, 0) is 0 Å². The summed E-state index contributed by atoms with van der Waals surface area (Å²) in [4.78, 5) is 0. The Morgan fingerprint density at radius 3 is 1.65 bits per heavy atom. The fourth-order valence-electron chi connectivity index (χ4n) is 3.85. The molecule has 0 unspecified atom stereocenters. The van der Waals surface area contributed by atoms with Crippen LogP contribution in [0.5, 0.6) is 0 Å². The summed E-state index contributed by atoms with van der Waals surface area (Å²) >= 11 is 10.1. The van der Waals surface area contributed by atoms with Gasteiger partial charge in [0.05, 0.1) is 0 Å². The predicted molar refractivity (Wildman–Crippen MR) is 102 cm³/mol. The van der Waals surface area contributed by atoms with Crippen LogP contribution in [0.2, 0.25) is 16.6 Å². The third-order valence-electron chi connectivity index (χ3n) is 4.37. The molecule has 0 aromatic heterocycles. The van der Waals surface area contributed by atoms with Gasteiger partial charge in [0.1, 0.15) is 4.32 Å². The van der Waals surface area contributed by atoms with Gasteiger partial charge in [-0.1, -0.05) is 72.0 Å². The smallest absolute Gasteiger partial charge is 0.171 e. The zero-order valence-electron chi connectivity index (χ0n) is 13.4. The Morgan fingerprint density at radius 2 is 1.35 bits per heavy atom. The van der Waals surface area contributed by atoms with Crippen molar-refractivity contribution in [1.29, 1.82) is 0 Å². The lowest BCUT2D eigenvalue weighted by Crippen LogP contribution is -2.61. The van der Waals surface area contributed by atoms with E-state index >= 15 is 0 Å². The quantitative estimate of drug-likeness (QED) is 0.409. The fourth-order valence-corrected chi connectivity index (χ4v) is 11.5.